The average Bonchev–Trinajstić information content (AvgIpc) is 2.86. The van der Waals surface area contributed by atoms with E-state index in [1.54, 1.807) is 19.4 Å². The Kier molecular flexibility index (Phi) is 5.77. The van der Waals surface area contributed by atoms with E-state index in [1.165, 1.54) is 0 Å². The van der Waals surface area contributed by atoms with Crippen molar-refractivity contribution in [2.45, 2.75) is 13.0 Å². The third-order valence-corrected chi connectivity index (χ3v) is 5.30. The minimum Gasteiger partial charge on any atom is -0.481 e. The lowest BCUT2D eigenvalue weighted by molar-refractivity contribution is -0.118. The first-order chi connectivity index (χ1) is 16.2. The second-order valence-electron chi connectivity index (χ2n) is 7.54. The molecule has 166 valence electrons. The first kappa shape index (κ1) is 20.8. The number of ether oxygens (including phenoxy) is 2. The first-order valence-corrected chi connectivity index (χ1v) is 10.6. The lowest BCUT2D eigenvalue weighted by Crippen LogP contribution is -2.26. The Morgan fingerprint density at radius 1 is 1.09 bits per heavy atom. The molecule has 0 saturated heterocycles. The molecule has 0 spiro atoms. The van der Waals surface area contributed by atoms with E-state index in [0.717, 1.165) is 46.5 Å². The van der Waals surface area contributed by atoms with Crippen LogP contribution >= 0.6 is 0 Å². The number of pyridine rings is 4. The van der Waals surface area contributed by atoms with Gasteiger partial charge in [-0.3, -0.25) is 14.8 Å². The average molecular weight is 442 g/mol. The summed E-state index contributed by atoms with van der Waals surface area (Å²) in [6.07, 6.45) is 4.46. The van der Waals surface area contributed by atoms with Crippen LogP contribution in [0.2, 0.25) is 0 Å². The van der Waals surface area contributed by atoms with E-state index >= 15 is 0 Å². The number of carbonyl (C=O) groups is 1. The molecule has 9 heteroatoms. The number of rotatable bonds is 7. The highest BCUT2D eigenvalue weighted by atomic mass is 16.5. The third-order valence-electron chi connectivity index (χ3n) is 5.30. The van der Waals surface area contributed by atoms with Crippen LogP contribution in [0.1, 0.15) is 11.3 Å². The zero-order valence-electron chi connectivity index (χ0n) is 18.0. The summed E-state index contributed by atoms with van der Waals surface area (Å²) in [4.78, 5) is 29.5. The topological polar surface area (TPSA) is 111 Å². The van der Waals surface area contributed by atoms with E-state index < -0.39 is 0 Å². The van der Waals surface area contributed by atoms with Gasteiger partial charge in [-0.2, -0.15) is 0 Å². The molecule has 0 aromatic carbocycles. The summed E-state index contributed by atoms with van der Waals surface area (Å²) < 4.78 is 10.6. The van der Waals surface area contributed by atoms with Crippen molar-refractivity contribution in [3.8, 4) is 22.9 Å². The number of aromatic nitrogens is 4. The molecule has 1 aliphatic rings. The SMILES string of the molecule is COc1ccc2nccc(-c3ccc(CCNCc4ccc5c(n4)NC(=O)CO5)cn3)c2n1. The second-order valence-corrected chi connectivity index (χ2v) is 7.54. The molecule has 2 N–H and O–H groups in total. The van der Waals surface area contributed by atoms with Gasteiger partial charge in [-0.15, -0.1) is 0 Å². The van der Waals surface area contributed by atoms with Gasteiger partial charge < -0.3 is 20.1 Å². The molecule has 1 amide bonds. The summed E-state index contributed by atoms with van der Waals surface area (Å²) in [5.41, 5.74) is 5.26. The van der Waals surface area contributed by atoms with Gasteiger partial charge in [0.1, 0.15) is 5.52 Å². The van der Waals surface area contributed by atoms with Crippen molar-refractivity contribution < 1.29 is 14.3 Å². The minimum absolute atomic E-state index is 0.0290. The molecule has 0 unspecified atom stereocenters. The molecule has 1 aliphatic heterocycles. The lowest BCUT2D eigenvalue weighted by atomic mass is 10.1. The maximum absolute atomic E-state index is 11.5. The Hall–Kier alpha value is -4.11. The van der Waals surface area contributed by atoms with Crippen LogP contribution in [0, 0.1) is 0 Å². The number of nitrogens with zero attached hydrogens (tertiary/aromatic N) is 4. The van der Waals surface area contributed by atoms with Crippen LogP contribution in [-0.4, -0.2) is 46.1 Å². The fourth-order valence-electron chi connectivity index (χ4n) is 3.61. The maximum Gasteiger partial charge on any atom is 0.263 e. The third kappa shape index (κ3) is 4.58. The van der Waals surface area contributed by atoms with Crippen LogP contribution in [0.3, 0.4) is 0 Å². The van der Waals surface area contributed by atoms with Gasteiger partial charge in [-0.25, -0.2) is 9.97 Å². The van der Waals surface area contributed by atoms with Gasteiger partial charge in [0.05, 0.1) is 24.0 Å². The second kappa shape index (κ2) is 9.17. The molecule has 0 fully saturated rings. The Bertz CT molecular complexity index is 1310. The number of methoxy groups -OCH3 is 1. The Morgan fingerprint density at radius 3 is 2.88 bits per heavy atom. The number of anilines is 1. The molecular formula is C24H22N6O3. The van der Waals surface area contributed by atoms with Gasteiger partial charge in [0.2, 0.25) is 5.88 Å². The van der Waals surface area contributed by atoms with Gasteiger partial charge >= 0.3 is 0 Å². The quantitative estimate of drug-likeness (QED) is 0.420. The highest BCUT2D eigenvalue weighted by Crippen LogP contribution is 2.27. The number of fused-ring (bicyclic) bond motifs is 2. The van der Waals surface area contributed by atoms with Gasteiger partial charge in [-0.05, 0) is 48.9 Å². The van der Waals surface area contributed by atoms with Crippen molar-refractivity contribution in [2.24, 2.45) is 0 Å². The van der Waals surface area contributed by atoms with Crippen molar-refractivity contribution in [3.63, 3.8) is 0 Å². The zero-order chi connectivity index (χ0) is 22.6. The summed E-state index contributed by atoms with van der Waals surface area (Å²) in [5.74, 6) is 1.43. The predicted molar refractivity (Wildman–Crippen MR) is 123 cm³/mol. The van der Waals surface area contributed by atoms with E-state index in [4.69, 9.17) is 9.47 Å². The molecule has 5 heterocycles. The molecule has 0 aliphatic carbocycles. The van der Waals surface area contributed by atoms with Crippen LogP contribution in [0.5, 0.6) is 11.6 Å². The van der Waals surface area contributed by atoms with E-state index in [0.29, 0.717) is 24.0 Å². The maximum atomic E-state index is 11.5. The summed E-state index contributed by atoms with van der Waals surface area (Å²) in [5, 5.41) is 6.10. The van der Waals surface area contributed by atoms with E-state index in [2.05, 4.69) is 36.6 Å². The Morgan fingerprint density at radius 2 is 2.03 bits per heavy atom. The monoisotopic (exact) mass is 442 g/mol. The van der Waals surface area contributed by atoms with Crippen molar-refractivity contribution in [3.05, 3.63) is 66.1 Å². The Labute approximate surface area is 190 Å². The van der Waals surface area contributed by atoms with Crippen molar-refractivity contribution >= 4 is 22.8 Å². The molecule has 9 nitrogen and oxygen atoms in total. The highest BCUT2D eigenvalue weighted by Gasteiger charge is 2.17. The van der Waals surface area contributed by atoms with Crippen LogP contribution in [0.25, 0.3) is 22.3 Å². The van der Waals surface area contributed by atoms with E-state index in [1.807, 2.05) is 36.5 Å². The minimum atomic E-state index is -0.189. The number of carbonyl (C=O) groups excluding carboxylic acids is 1. The number of hydrogen-bond donors (Lipinski definition) is 2. The molecule has 0 atom stereocenters. The van der Waals surface area contributed by atoms with Crippen LogP contribution in [-0.2, 0) is 17.8 Å². The van der Waals surface area contributed by atoms with Gasteiger partial charge in [0.25, 0.3) is 5.91 Å². The zero-order valence-corrected chi connectivity index (χ0v) is 18.0. The molecule has 33 heavy (non-hydrogen) atoms. The molecule has 0 radical (unpaired) electrons. The number of hydrogen-bond acceptors (Lipinski definition) is 8. The molecular weight excluding hydrogens is 420 g/mol. The molecule has 0 bridgehead atoms. The summed E-state index contributed by atoms with van der Waals surface area (Å²) in [7, 11) is 1.60. The largest absolute Gasteiger partial charge is 0.481 e. The standard InChI is InChI=1S/C24H22N6O3/c1-32-22-7-5-19-23(30-22)17(9-11-26-19)18-4-2-15(12-27-18)8-10-25-13-16-3-6-20-24(28-16)29-21(31)14-33-20/h2-7,9,11-12,25H,8,10,13-14H2,1H3,(H,28,29,31). The van der Waals surface area contributed by atoms with E-state index in [9.17, 15) is 4.79 Å². The van der Waals surface area contributed by atoms with Gasteiger partial charge in [0.15, 0.2) is 18.2 Å². The summed E-state index contributed by atoms with van der Waals surface area (Å²) >= 11 is 0. The summed E-state index contributed by atoms with van der Waals surface area (Å²) in [6.45, 7) is 1.38. The molecule has 0 saturated carbocycles. The molecule has 4 aromatic rings. The number of amides is 1. The van der Waals surface area contributed by atoms with Gasteiger partial charge in [-0.1, -0.05) is 6.07 Å². The fourth-order valence-corrected chi connectivity index (χ4v) is 3.61. The lowest BCUT2D eigenvalue weighted by Gasteiger charge is -2.17. The van der Waals surface area contributed by atoms with Crippen LogP contribution in [0.4, 0.5) is 5.82 Å². The summed E-state index contributed by atoms with van der Waals surface area (Å²) in [6, 6.07) is 13.4. The van der Waals surface area contributed by atoms with Crippen molar-refractivity contribution in [1.29, 1.82) is 0 Å². The molecule has 5 rings (SSSR count). The molecule has 4 aromatic heterocycles. The normalized spacial score (nSPS) is 12.7. The van der Waals surface area contributed by atoms with Gasteiger partial charge in [0, 0.05) is 30.6 Å². The highest BCUT2D eigenvalue weighted by molar-refractivity contribution is 5.94. The predicted octanol–water partition coefficient (Wildman–Crippen LogP) is 2.76. The Balaban J connectivity index is 1.20. The van der Waals surface area contributed by atoms with Crippen LogP contribution < -0.4 is 20.1 Å². The number of nitrogens with one attached hydrogen (secondary N) is 2. The van der Waals surface area contributed by atoms with E-state index in [-0.39, 0.29) is 12.5 Å². The smallest absolute Gasteiger partial charge is 0.263 e. The van der Waals surface area contributed by atoms with Crippen molar-refractivity contribution in [1.82, 2.24) is 25.3 Å². The van der Waals surface area contributed by atoms with Crippen LogP contribution in [0.15, 0.2) is 54.9 Å². The fraction of sp³-hybridized carbons (Fsp3) is 0.208. The van der Waals surface area contributed by atoms with Crippen molar-refractivity contribution in [2.75, 3.05) is 25.6 Å². The first-order valence-electron chi connectivity index (χ1n) is 10.6.